The van der Waals surface area contributed by atoms with Crippen molar-refractivity contribution >= 4 is 23.0 Å². The van der Waals surface area contributed by atoms with Crippen molar-refractivity contribution in [3.8, 4) is 0 Å². The van der Waals surface area contributed by atoms with Crippen LogP contribution in [0.4, 0.5) is 8.78 Å². The maximum atomic E-state index is 13.5. The molecule has 0 spiro atoms. The minimum Gasteiger partial charge on any atom is -0.348 e. The molecule has 172 valence electrons. The largest absolute Gasteiger partial charge is 0.348 e. The fourth-order valence-corrected chi connectivity index (χ4v) is 6.82. The van der Waals surface area contributed by atoms with Crippen LogP contribution < -0.4 is 5.32 Å². The zero-order valence-electron chi connectivity index (χ0n) is 18.5. The average Bonchev–Trinajstić information content (AvgIpc) is 3.28. The lowest BCUT2D eigenvalue weighted by molar-refractivity contribution is -0.130. The van der Waals surface area contributed by atoms with Gasteiger partial charge >= 0.3 is 0 Å². The number of carbonyl (C=O) groups is 2. The minimum absolute atomic E-state index is 0.0187. The van der Waals surface area contributed by atoms with Crippen molar-refractivity contribution in [1.82, 2.24) is 10.2 Å². The van der Waals surface area contributed by atoms with Crippen LogP contribution in [0.1, 0.15) is 92.9 Å². The Kier molecular flexibility index (Phi) is 6.82. The quantitative estimate of drug-likeness (QED) is 0.549. The Balaban J connectivity index is 1.43. The number of fused-ring (bicyclic) bond motifs is 2. The van der Waals surface area contributed by atoms with Crippen LogP contribution in [0.3, 0.4) is 0 Å². The summed E-state index contributed by atoms with van der Waals surface area (Å²) in [6, 6.07) is 3.00. The van der Waals surface area contributed by atoms with Crippen molar-refractivity contribution in [2.45, 2.75) is 95.7 Å². The van der Waals surface area contributed by atoms with Gasteiger partial charge in [0.1, 0.15) is 0 Å². The molecular weight excluding hydrogens is 418 g/mol. The lowest BCUT2D eigenvalue weighted by Crippen LogP contribution is -2.44. The van der Waals surface area contributed by atoms with Crippen molar-refractivity contribution in [2.75, 3.05) is 6.54 Å². The van der Waals surface area contributed by atoms with Crippen LogP contribution in [0.2, 0.25) is 0 Å². The maximum Gasteiger partial charge on any atom is 0.248 e. The standard InChI is InChI=1S/C24H34F2N2O2S/c1-15-11-19-3-4-20(12-15)28(19)10-7-21(22-13-18(14-31-22)16(2)29)27-23(30)17-5-8-24(25,26)9-6-17/h13-15,17,19-21H,3-12H2,1-2H3,(H,27,30)/t15?,19?,20?,21-/m0/s1. The molecule has 3 aliphatic rings. The second-order valence-corrected chi connectivity index (χ2v) is 10.9. The Morgan fingerprint density at radius 1 is 1.19 bits per heavy atom. The van der Waals surface area contributed by atoms with Crippen molar-refractivity contribution in [3.05, 3.63) is 21.9 Å². The zero-order valence-corrected chi connectivity index (χ0v) is 19.4. The second kappa shape index (κ2) is 9.26. The lowest BCUT2D eigenvalue weighted by atomic mass is 9.86. The topological polar surface area (TPSA) is 49.4 Å². The molecule has 1 N–H and O–H groups in total. The number of Topliss-reactive ketones (excluding diaryl/α,β-unsaturated/α-hetero) is 1. The number of carbonyl (C=O) groups excluding carboxylic acids is 2. The van der Waals surface area contributed by atoms with Gasteiger partial charge in [-0.05, 0) is 63.9 Å². The van der Waals surface area contributed by atoms with Gasteiger partial charge in [0.25, 0.3) is 0 Å². The zero-order chi connectivity index (χ0) is 22.2. The number of rotatable bonds is 7. The van der Waals surface area contributed by atoms with Gasteiger partial charge in [-0.1, -0.05) is 6.92 Å². The third-order valence-corrected chi connectivity index (χ3v) is 8.62. The van der Waals surface area contributed by atoms with E-state index in [0.29, 0.717) is 17.6 Å². The number of alkyl halides is 2. The van der Waals surface area contributed by atoms with Crippen LogP contribution >= 0.6 is 11.3 Å². The molecule has 3 heterocycles. The summed E-state index contributed by atoms with van der Waals surface area (Å²) < 4.78 is 27.0. The Morgan fingerprint density at radius 2 is 1.84 bits per heavy atom. The summed E-state index contributed by atoms with van der Waals surface area (Å²) in [6.07, 6.45) is 5.86. The van der Waals surface area contributed by atoms with E-state index in [0.717, 1.165) is 23.8 Å². The Hall–Kier alpha value is -1.34. The first-order chi connectivity index (χ1) is 14.7. The van der Waals surface area contributed by atoms with Crippen LogP contribution in [-0.4, -0.2) is 41.1 Å². The molecule has 4 nitrogen and oxygen atoms in total. The van der Waals surface area contributed by atoms with Crippen molar-refractivity contribution in [2.24, 2.45) is 11.8 Å². The average molecular weight is 453 g/mol. The summed E-state index contributed by atoms with van der Waals surface area (Å²) in [5.74, 6) is -2.30. The number of piperidine rings is 1. The molecule has 0 radical (unpaired) electrons. The Bertz CT molecular complexity index is 787. The molecule has 2 saturated heterocycles. The van der Waals surface area contributed by atoms with Gasteiger partial charge in [-0.3, -0.25) is 14.5 Å². The summed E-state index contributed by atoms with van der Waals surface area (Å²) in [5.41, 5.74) is 0.670. The monoisotopic (exact) mass is 452 g/mol. The fourth-order valence-electron chi connectivity index (χ4n) is 5.79. The molecule has 2 aliphatic heterocycles. The fraction of sp³-hybridized carbons (Fsp3) is 0.750. The van der Waals surface area contributed by atoms with Gasteiger partial charge in [0, 0.05) is 53.2 Å². The van der Waals surface area contributed by atoms with Crippen LogP contribution in [-0.2, 0) is 4.79 Å². The number of halogens is 2. The number of nitrogens with zero attached hydrogens (tertiary/aromatic N) is 1. The van der Waals surface area contributed by atoms with Crippen LogP contribution in [0.25, 0.3) is 0 Å². The molecule has 2 unspecified atom stereocenters. The van der Waals surface area contributed by atoms with Crippen LogP contribution in [0, 0.1) is 11.8 Å². The van der Waals surface area contributed by atoms with Gasteiger partial charge in [-0.15, -0.1) is 11.3 Å². The van der Waals surface area contributed by atoms with E-state index in [4.69, 9.17) is 0 Å². The van der Waals surface area contributed by atoms with E-state index in [9.17, 15) is 18.4 Å². The number of thiophene rings is 1. The van der Waals surface area contributed by atoms with E-state index >= 15 is 0 Å². The molecule has 1 amide bonds. The molecule has 3 fully saturated rings. The van der Waals surface area contributed by atoms with E-state index < -0.39 is 5.92 Å². The van der Waals surface area contributed by atoms with E-state index in [1.165, 1.54) is 37.0 Å². The maximum absolute atomic E-state index is 13.5. The van der Waals surface area contributed by atoms with E-state index in [1.54, 1.807) is 6.92 Å². The van der Waals surface area contributed by atoms with Gasteiger partial charge in [0.05, 0.1) is 6.04 Å². The predicted octanol–water partition coefficient (Wildman–Crippen LogP) is 5.59. The van der Waals surface area contributed by atoms with Gasteiger partial charge in [0.2, 0.25) is 11.8 Å². The van der Waals surface area contributed by atoms with E-state index in [1.807, 2.05) is 11.4 Å². The van der Waals surface area contributed by atoms with Crippen LogP contribution in [0.5, 0.6) is 0 Å². The normalized spacial score (nSPS) is 29.6. The highest BCUT2D eigenvalue weighted by molar-refractivity contribution is 7.10. The smallest absolute Gasteiger partial charge is 0.248 e. The van der Waals surface area contributed by atoms with Gasteiger partial charge in [0.15, 0.2) is 5.78 Å². The summed E-state index contributed by atoms with van der Waals surface area (Å²) in [7, 11) is 0. The molecule has 1 aromatic heterocycles. The summed E-state index contributed by atoms with van der Waals surface area (Å²) in [5, 5.41) is 5.02. The van der Waals surface area contributed by atoms with E-state index in [2.05, 4.69) is 17.1 Å². The molecule has 2 bridgehead atoms. The molecule has 3 atom stereocenters. The van der Waals surface area contributed by atoms with Crippen LogP contribution in [0.15, 0.2) is 11.4 Å². The molecule has 1 aliphatic carbocycles. The summed E-state index contributed by atoms with van der Waals surface area (Å²) >= 11 is 1.50. The number of amides is 1. The van der Waals surface area contributed by atoms with E-state index in [-0.39, 0.29) is 49.3 Å². The summed E-state index contributed by atoms with van der Waals surface area (Å²) in [6.45, 7) is 4.81. The molecule has 4 rings (SSSR count). The predicted molar refractivity (Wildman–Crippen MR) is 119 cm³/mol. The minimum atomic E-state index is -2.63. The first kappa shape index (κ1) is 22.8. The highest BCUT2D eigenvalue weighted by Crippen LogP contribution is 2.40. The molecule has 1 aromatic rings. The first-order valence-electron chi connectivity index (χ1n) is 11.7. The van der Waals surface area contributed by atoms with Gasteiger partial charge in [-0.25, -0.2) is 8.78 Å². The molecule has 7 heteroatoms. The Labute approximate surface area is 187 Å². The molecule has 1 saturated carbocycles. The molecular formula is C24H34F2N2O2S. The lowest BCUT2D eigenvalue weighted by Gasteiger charge is -2.38. The highest BCUT2D eigenvalue weighted by atomic mass is 32.1. The molecule has 31 heavy (non-hydrogen) atoms. The number of hydrogen-bond donors (Lipinski definition) is 1. The summed E-state index contributed by atoms with van der Waals surface area (Å²) in [4.78, 5) is 28.3. The van der Waals surface area contributed by atoms with Crippen molar-refractivity contribution < 1.29 is 18.4 Å². The highest BCUT2D eigenvalue weighted by Gasteiger charge is 2.40. The second-order valence-electron chi connectivity index (χ2n) is 9.97. The Morgan fingerprint density at radius 3 is 2.42 bits per heavy atom. The van der Waals surface area contributed by atoms with Gasteiger partial charge < -0.3 is 5.32 Å². The SMILES string of the molecule is CC(=O)c1csc([C@H](CCN2C3CCC2CC(C)C3)NC(=O)C2CCC(F)(F)CC2)c1. The number of ketones is 1. The molecule has 0 aromatic carbocycles. The van der Waals surface area contributed by atoms with Crippen molar-refractivity contribution in [3.63, 3.8) is 0 Å². The third kappa shape index (κ3) is 5.36. The van der Waals surface area contributed by atoms with Crippen molar-refractivity contribution in [1.29, 1.82) is 0 Å². The van der Waals surface area contributed by atoms with Gasteiger partial charge in [-0.2, -0.15) is 0 Å². The number of nitrogens with one attached hydrogen (secondary N) is 1. The number of hydrogen-bond acceptors (Lipinski definition) is 4. The third-order valence-electron chi connectivity index (χ3n) is 7.57. The first-order valence-corrected chi connectivity index (χ1v) is 12.6.